The lowest BCUT2D eigenvalue weighted by atomic mass is 9.68. The molecule has 1 N–H and O–H groups in total. The Kier molecular flexibility index (Phi) is 6.52. The maximum atomic E-state index is 13.1. The first-order valence-corrected chi connectivity index (χ1v) is 13.8. The SMILES string of the molecule is O=C1NCN(c2ccccc2)C12CCN(C1C=CC(c3ccc(Cl)cc3)(c3ccc(Cl)cc3)CC1)CC2. The smallest absolute Gasteiger partial charge is 0.247 e. The number of allylic oxidation sites excluding steroid dienone is 1. The lowest BCUT2D eigenvalue weighted by Gasteiger charge is -2.47. The average molecular weight is 533 g/mol. The van der Waals surface area contributed by atoms with Crippen LogP contribution in [0.25, 0.3) is 0 Å². The summed E-state index contributed by atoms with van der Waals surface area (Å²) in [5.74, 6) is 0.166. The van der Waals surface area contributed by atoms with Crippen LogP contribution in [0, 0.1) is 0 Å². The van der Waals surface area contributed by atoms with E-state index in [2.05, 4.69) is 63.7 Å². The van der Waals surface area contributed by atoms with E-state index < -0.39 is 5.54 Å². The highest BCUT2D eigenvalue weighted by atomic mass is 35.5. The number of halogens is 2. The van der Waals surface area contributed by atoms with Gasteiger partial charge in [-0.05, 0) is 73.2 Å². The van der Waals surface area contributed by atoms with Gasteiger partial charge in [-0.25, -0.2) is 0 Å². The van der Waals surface area contributed by atoms with Crippen molar-refractivity contribution < 1.29 is 4.79 Å². The monoisotopic (exact) mass is 531 g/mol. The number of piperidine rings is 1. The third kappa shape index (κ3) is 4.35. The van der Waals surface area contributed by atoms with E-state index in [1.54, 1.807) is 0 Å². The molecule has 190 valence electrons. The number of hydrogen-bond acceptors (Lipinski definition) is 3. The van der Waals surface area contributed by atoms with Crippen LogP contribution in [0.2, 0.25) is 10.0 Å². The minimum absolute atomic E-state index is 0.166. The van der Waals surface area contributed by atoms with Gasteiger partial charge >= 0.3 is 0 Å². The standard InChI is InChI=1S/C31H31Cl2N3O/c32-25-10-6-23(7-11-25)30(24-8-12-26(33)13-9-24)16-14-27(15-17-30)35-20-18-31(19-21-35)29(37)34-22-36(31)28-4-2-1-3-5-28/h1-14,16,27H,15,17-22H2,(H,34,37). The van der Waals surface area contributed by atoms with Crippen molar-refractivity contribution in [1.82, 2.24) is 10.2 Å². The maximum absolute atomic E-state index is 13.1. The molecule has 6 heteroatoms. The van der Waals surface area contributed by atoms with Crippen LogP contribution in [0.5, 0.6) is 0 Å². The van der Waals surface area contributed by atoms with Gasteiger partial charge in [-0.1, -0.05) is 77.8 Å². The molecule has 3 aliphatic rings. The average Bonchev–Trinajstić information content (AvgIpc) is 3.25. The Labute approximate surface area is 228 Å². The zero-order valence-corrected chi connectivity index (χ0v) is 22.3. The molecule has 3 aromatic carbocycles. The Bertz CT molecular complexity index is 1240. The van der Waals surface area contributed by atoms with Crippen LogP contribution in [-0.4, -0.2) is 42.1 Å². The van der Waals surface area contributed by atoms with Gasteiger partial charge in [-0.2, -0.15) is 0 Å². The Morgan fingerprint density at radius 1 is 0.784 bits per heavy atom. The van der Waals surface area contributed by atoms with Gasteiger partial charge in [-0.3, -0.25) is 9.69 Å². The molecule has 1 spiro atoms. The molecule has 0 saturated carbocycles. The first-order valence-electron chi connectivity index (χ1n) is 13.1. The molecule has 1 amide bonds. The van der Waals surface area contributed by atoms with Crippen molar-refractivity contribution in [1.29, 1.82) is 0 Å². The van der Waals surface area contributed by atoms with Crippen molar-refractivity contribution in [2.75, 3.05) is 24.7 Å². The van der Waals surface area contributed by atoms with Crippen LogP contribution >= 0.6 is 23.2 Å². The summed E-state index contributed by atoms with van der Waals surface area (Å²) in [5.41, 5.74) is 2.94. The molecule has 2 heterocycles. The van der Waals surface area contributed by atoms with Crippen molar-refractivity contribution in [2.45, 2.75) is 42.7 Å². The minimum Gasteiger partial charge on any atom is -0.339 e. The van der Waals surface area contributed by atoms with Crippen molar-refractivity contribution in [3.63, 3.8) is 0 Å². The fourth-order valence-electron chi connectivity index (χ4n) is 6.54. The van der Waals surface area contributed by atoms with E-state index >= 15 is 0 Å². The van der Waals surface area contributed by atoms with Gasteiger partial charge < -0.3 is 10.2 Å². The molecule has 1 aliphatic carbocycles. The molecule has 37 heavy (non-hydrogen) atoms. The van der Waals surface area contributed by atoms with Gasteiger partial charge in [0, 0.05) is 40.3 Å². The van der Waals surface area contributed by atoms with Crippen LogP contribution in [0.4, 0.5) is 5.69 Å². The Morgan fingerprint density at radius 2 is 1.38 bits per heavy atom. The number of rotatable bonds is 4. The molecule has 2 saturated heterocycles. The second-order valence-electron chi connectivity index (χ2n) is 10.4. The van der Waals surface area contributed by atoms with Gasteiger partial charge in [-0.15, -0.1) is 0 Å². The second-order valence-corrected chi connectivity index (χ2v) is 11.3. The number of amides is 1. The van der Waals surface area contributed by atoms with Gasteiger partial charge in [0.05, 0.1) is 6.67 Å². The molecule has 0 aromatic heterocycles. The number of hydrogen-bond donors (Lipinski definition) is 1. The number of anilines is 1. The number of likely N-dealkylation sites (tertiary alicyclic amines) is 1. The van der Waals surface area contributed by atoms with Crippen LogP contribution in [-0.2, 0) is 10.2 Å². The van der Waals surface area contributed by atoms with Gasteiger partial charge in [0.15, 0.2) is 0 Å². The summed E-state index contributed by atoms with van der Waals surface area (Å²) in [6, 6.07) is 27.1. The number of nitrogens with zero attached hydrogens (tertiary/aromatic N) is 2. The Morgan fingerprint density at radius 3 is 1.92 bits per heavy atom. The molecule has 0 bridgehead atoms. The highest BCUT2D eigenvalue weighted by Gasteiger charge is 2.51. The summed E-state index contributed by atoms with van der Waals surface area (Å²) in [5, 5.41) is 4.61. The lowest BCUT2D eigenvalue weighted by Crippen LogP contribution is -2.58. The summed E-state index contributed by atoms with van der Waals surface area (Å²) >= 11 is 12.4. The highest BCUT2D eigenvalue weighted by Crippen LogP contribution is 2.44. The number of benzene rings is 3. The zero-order valence-electron chi connectivity index (χ0n) is 20.7. The summed E-state index contributed by atoms with van der Waals surface area (Å²) in [6.07, 6.45) is 8.47. The van der Waals surface area contributed by atoms with Crippen molar-refractivity contribution in [3.8, 4) is 0 Å². The predicted octanol–water partition coefficient (Wildman–Crippen LogP) is 6.43. The van der Waals surface area contributed by atoms with E-state index in [4.69, 9.17) is 23.2 Å². The Balaban J connectivity index is 1.23. The number of carbonyl (C=O) groups excluding carboxylic acids is 1. The van der Waals surface area contributed by atoms with E-state index in [9.17, 15) is 4.79 Å². The number of para-hydroxylation sites is 1. The molecular weight excluding hydrogens is 501 g/mol. The lowest BCUT2D eigenvalue weighted by molar-refractivity contribution is -0.125. The van der Waals surface area contributed by atoms with Gasteiger partial charge in [0.1, 0.15) is 5.54 Å². The maximum Gasteiger partial charge on any atom is 0.247 e. The third-order valence-electron chi connectivity index (χ3n) is 8.66. The first kappa shape index (κ1) is 24.5. The van der Waals surface area contributed by atoms with Gasteiger partial charge in [0.2, 0.25) is 5.91 Å². The van der Waals surface area contributed by atoms with E-state index in [-0.39, 0.29) is 11.3 Å². The predicted molar refractivity (Wildman–Crippen MR) is 151 cm³/mol. The van der Waals surface area contributed by atoms with E-state index in [0.29, 0.717) is 12.7 Å². The van der Waals surface area contributed by atoms with Crippen LogP contribution in [0.3, 0.4) is 0 Å². The van der Waals surface area contributed by atoms with E-state index in [1.165, 1.54) is 11.1 Å². The van der Waals surface area contributed by atoms with E-state index in [0.717, 1.165) is 54.5 Å². The normalized spacial score (nSPS) is 22.8. The molecule has 3 aromatic rings. The second kappa shape index (κ2) is 9.83. The van der Waals surface area contributed by atoms with Crippen LogP contribution < -0.4 is 10.2 Å². The molecule has 1 unspecified atom stereocenters. The summed E-state index contributed by atoms with van der Waals surface area (Å²) in [7, 11) is 0. The first-order chi connectivity index (χ1) is 18.0. The summed E-state index contributed by atoms with van der Waals surface area (Å²) < 4.78 is 0. The topological polar surface area (TPSA) is 35.6 Å². The number of nitrogens with one attached hydrogen (secondary N) is 1. The Hall–Kier alpha value is -2.79. The summed E-state index contributed by atoms with van der Waals surface area (Å²) in [4.78, 5) is 17.9. The summed E-state index contributed by atoms with van der Waals surface area (Å²) in [6.45, 7) is 2.39. The molecular formula is C31H31Cl2N3O. The van der Waals surface area contributed by atoms with Crippen LogP contribution in [0.15, 0.2) is 91.0 Å². The van der Waals surface area contributed by atoms with Crippen LogP contribution in [0.1, 0.15) is 36.8 Å². The molecule has 4 nitrogen and oxygen atoms in total. The molecule has 1 atom stereocenters. The molecule has 0 radical (unpaired) electrons. The van der Waals surface area contributed by atoms with Crippen molar-refractivity contribution >= 4 is 34.8 Å². The zero-order chi connectivity index (χ0) is 25.5. The fraction of sp³-hybridized carbons (Fsp3) is 0.323. The molecule has 2 fully saturated rings. The quantitative estimate of drug-likeness (QED) is 0.394. The fourth-order valence-corrected chi connectivity index (χ4v) is 6.79. The third-order valence-corrected chi connectivity index (χ3v) is 9.16. The number of carbonyl (C=O) groups is 1. The largest absolute Gasteiger partial charge is 0.339 e. The molecule has 2 aliphatic heterocycles. The van der Waals surface area contributed by atoms with E-state index in [1.807, 2.05) is 42.5 Å². The molecule has 6 rings (SSSR count). The van der Waals surface area contributed by atoms with Crippen molar-refractivity contribution in [2.24, 2.45) is 0 Å². The minimum atomic E-state index is -0.452. The van der Waals surface area contributed by atoms with Gasteiger partial charge in [0.25, 0.3) is 0 Å². The van der Waals surface area contributed by atoms with Crippen molar-refractivity contribution in [3.05, 3.63) is 112 Å². The highest BCUT2D eigenvalue weighted by molar-refractivity contribution is 6.30.